The van der Waals surface area contributed by atoms with Crippen LogP contribution in [0.3, 0.4) is 0 Å². The molecule has 0 aliphatic rings. The number of nitrogens with two attached hydrogens (primary N) is 1. The number of hydrogen-bond acceptors (Lipinski definition) is 2. The first-order valence-corrected chi connectivity index (χ1v) is 6.15. The van der Waals surface area contributed by atoms with Gasteiger partial charge in [0.2, 0.25) is 0 Å². The van der Waals surface area contributed by atoms with Crippen molar-refractivity contribution in [2.24, 2.45) is 5.84 Å². The van der Waals surface area contributed by atoms with Gasteiger partial charge in [-0.3, -0.25) is 5.01 Å². The summed E-state index contributed by atoms with van der Waals surface area (Å²) in [6.07, 6.45) is 0. The molecule has 2 amide bonds. The van der Waals surface area contributed by atoms with Gasteiger partial charge in [0.1, 0.15) is 0 Å². The van der Waals surface area contributed by atoms with Crippen molar-refractivity contribution in [1.82, 2.24) is 5.01 Å². The number of anilines is 1. The van der Waals surface area contributed by atoms with Gasteiger partial charge in [0, 0.05) is 10.7 Å². The highest BCUT2D eigenvalue weighted by molar-refractivity contribution is 6.30. The molecule has 0 spiro atoms. The number of carbonyl (C=O) groups excluding carboxylic acids is 1. The van der Waals surface area contributed by atoms with Crippen LogP contribution in [0.5, 0.6) is 0 Å². The molecular formula is C14H14ClN3O. The molecule has 2 aromatic rings. The zero-order valence-corrected chi connectivity index (χ0v) is 11.0. The molecule has 0 saturated heterocycles. The summed E-state index contributed by atoms with van der Waals surface area (Å²) in [5.41, 5.74) is 1.58. The number of hydrogen-bond donors (Lipinski definition) is 2. The number of urea groups is 1. The molecule has 0 aliphatic carbocycles. The Morgan fingerprint density at radius 1 is 1.16 bits per heavy atom. The summed E-state index contributed by atoms with van der Waals surface area (Å²) < 4.78 is 0. The van der Waals surface area contributed by atoms with Crippen LogP contribution in [-0.4, -0.2) is 11.0 Å². The largest absolute Gasteiger partial charge is 0.336 e. The van der Waals surface area contributed by atoms with E-state index in [9.17, 15) is 4.79 Å². The standard InChI is InChI=1S/C14H14ClN3O/c15-12-7-4-8-13(9-12)17-14(19)18(16)10-11-5-2-1-3-6-11/h1-9H,10,16H2,(H,17,19). The number of rotatable bonds is 3. The highest BCUT2D eigenvalue weighted by Gasteiger charge is 2.09. The number of benzene rings is 2. The van der Waals surface area contributed by atoms with Crippen LogP contribution < -0.4 is 11.2 Å². The van der Waals surface area contributed by atoms with Gasteiger partial charge < -0.3 is 5.32 Å². The fourth-order valence-corrected chi connectivity index (χ4v) is 1.80. The smallest absolute Gasteiger partial charge is 0.307 e. The molecule has 3 N–H and O–H groups in total. The first kappa shape index (κ1) is 13.4. The number of nitrogens with one attached hydrogen (secondary N) is 1. The van der Waals surface area contributed by atoms with Crippen LogP contribution in [0.25, 0.3) is 0 Å². The molecule has 0 unspecified atom stereocenters. The van der Waals surface area contributed by atoms with E-state index in [0.717, 1.165) is 10.6 Å². The van der Waals surface area contributed by atoms with Gasteiger partial charge in [-0.05, 0) is 23.8 Å². The van der Waals surface area contributed by atoms with E-state index < -0.39 is 0 Å². The molecule has 0 fully saturated rings. The average Bonchev–Trinajstić information content (AvgIpc) is 2.40. The normalized spacial score (nSPS) is 10.0. The van der Waals surface area contributed by atoms with Crippen molar-refractivity contribution in [1.29, 1.82) is 0 Å². The Balaban J connectivity index is 1.96. The van der Waals surface area contributed by atoms with Gasteiger partial charge in [-0.1, -0.05) is 48.0 Å². The number of halogens is 1. The minimum Gasteiger partial charge on any atom is -0.307 e. The first-order chi connectivity index (χ1) is 9.15. The van der Waals surface area contributed by atoms with Crippen LogP contribution >= 0.6 is 11.6 Å². The lowest BCUT2D eigenvalue weighted by atomic mass is 10.2. The van der Waals surface area contributed by atoms with E-state index in [2.05, 4.69) is 5.32 Å². The van der Waals surface area contributed by atoms with E-state index >= 15 is 0 Å². The lowest BCUT2D eigenvalue weighted by Crippen LogP contribution is -2.39. The molecule has 0 saturated carbocycles. The zero-order valence-electron chi connectivity index (χ0n) is 10.2. The molecule has 0 aliphatic heterocycles. The highest BCUT2D eigenvalue weighted by atomic mass is 35.5. The maximum absolute atomic E-state index is 11.9. The molecular weight excluding hydrogens is 262 g/mol. The van der Waals surface area contributed by atoms with Crippen molar-refractivity contribution in [2.75, 3.05) is 5.32 Å². The second kappa shape index (κ2) is 6.22. The SMILES string of the molecule is NN(Cc1ccccc1)C(=O)Nc1cccc(Cl)c1. The van der Waals surface area contributed by atoms with Crippen molar-refractivity contribution < 1.29 is 4.79 Å². The van der Waals surface area contributed by atoms with Gasteiger partial charge in [0.15, 0.2) is 0 Å². The topological polar surface area (TPSA) is 58.4 Å². The van der Waals surface area contributed by atoms with Crippen molar-refractivity contribution in [3.05, 3.63) is 65.2 Å². The average molecular weight is 276 g/mol. The number of carbonyl (C=O) groups is 1. The summed E-state index contributed by atoms with van der Waals surface area (Å²) in [5.74, 6) is 5.72. The van der Waals surface area contributed by atoms with Gasteiger partial charge in [-0.25, -0.2) is 10.6 Å². The monoisotopic (exact) mass is 275 g/mol. The van der Waals surface area contributed by atoms with E-state index in [4.69, 9.17) is 17.4 Å². The quantitative estimate of drug-likeness (QED) is 0.513. The van der Waals surface area contributed by atoms with Gasteiger partial charge in [0.25, 0.3) is 0 Å². The predicted octanol–water partition coefficient (Wildman–Crippen LogP) is 3.25. The third-order valence-corrected chi connectivity index (χ3v) is 2.77. The molecule has 2 aromatic carbocycles. The van der Waals surface area contributed by atoms with Gasteiger partial charge in [-0.15, -0.1) is 0 Å². The van der Waals surface area contributed by atoms with E-state index in [1.165, 1.54) is 0 Å². The van der Waals surface area contributed by atoms with E-state index in [-0.39, 0.29) is 6.03 Å². The summed E-state index contributed by atoms with van der Waals surface area (Å²) in [4.78, 5) is 11.9. The maximum atomic E-state index is 11.9. The molecule has 98 valence electrons. The minimum absolute atomic E-state index is 0.341. The van der Waals surface area contributed by atoms with Crippen molar-refractivity contribution in [3.63, 3.8) is 0 Å². The summed E-state index contributed by atoms with van der Waals surface area (Å²) in [6, 6.07) is 16.1. The Morgan fingerprint density at radius 3 is 2.58 bits per heavy atom. The Labute approximate surface area is 116 Å². The van der Waals surface area contributed by atoms with E-state index in [1.54, 1.807) is 24.3 Å². The highest BCUT2D eigenvalue weighted by Crippen LogP contribution is 2.15. The van der Waals surface area contributed by atoms with Crippen LogP contribution in [0.1, 0.15) is 5.56 Å². The van der Waals surface area contributed by atoms with Crippen molar-refractivity contribution in [3.8, 4) is 0 Å². The number of hydrazine groups is 1. The fraction of sp³-hybridized carbons (Fsp3) is 0.0714. The first-order valence-electron chi connectivity index (χ1n) is 5.78. The minimum atomic E-state index is -0.383. The summed E-state index contributed by atoms with van der Waals surface area (Å²) in [5, 5.41) is 4.36. The van der Waals surface area contributed by atoms with Gasteiger partial charge in [-0.2, -0.15) is 0 Å². The number of nitrogens with zero attached hydrogens (tertiary/aromatic N) is 1. The van der Waals surface area contributed by atoms with Gasteiger partial charge >= 0.3 is 6.03 Å². The molecule has 4 nitrogen and oxygen atoms in total. The summed E-state index contributed by atoms with van der Waals surface area (Å²) in [7, 11) is 0. The summed E-state index contributed by atoms with van der Waals surface area (Å²) in [6.45, 7) is 0.341. The molecule has 2 rings (SSSR count). The van der Waals surface area contributed by atoms with Crippen LogP contribution in [0, 0.1) is 0 Å². The lowest BCUT2D eigenvalue weighted by Gasteiger charge is -2.17. The second-order valence-corrected chi connectivity index (χ2v) is 4.49. The van der Waals surface area contributed by atoms with E-state index in [1.807, 2.05) is 30.3 Å². The summed E-state index contributed by atoms with van der Waals surface area (Å²) >= 11 is 5.84. The zero-order chi connectivity index (χ0) is 13.7. The molecule has 0 atom stereocenters. The number of amides is 2. The Morgan fingerprint density at radius 2 is 1.89 bits per heavy atom. The van der Waals surface area contributed by atoms with Crippen molar-refractivity contribution in [2.45, 2.75) is 6.54 Å². The third kappa shape index (κ3) is 3.98. The third-order valence-electron chi connectivity index (χ3n) is 2.53. The molecule has 0 radical (unpaired) electrons. The van der Waals surface area contributed by atoms with Crippen molar-refractivity contribution >= 4 is 23.3 Å². The van der Waals surface area contributed by atoms with Crippen LogP contribution in [0.15, 0.2) is 54.6 Å². The molecule has 0 heterocycles. The fourth-order valence-electron chi connectivity index (χ4n) is 1.61. The Kier molecular flexibility index (Phi) is 4.39. The molecule has 19 heavy (non-hydrogen) atoms. The maximum Gasteiger partial charge on any atom is 0.336 e. The molecule has 0 aromatic heterocycles. The van der Waals surface area contributed by atoms with Crippen LogP contribution in [-0.2, 0) is 6.54 Å². The van der Waals surface area contributed by atoms with Gasteiger partial charge in [0.05, 0.1) is 6.54 Å². The van der Waals surface area contributed by atoms with Crippen LogP contribution in [0.4, 0.5) is 10.5 Å². The Bertz CT molecular complexity index is 560. The molecule has 0 bridgehead atoms. The van der Waals surface area contributed by atoms with Crippen LogP contribution in [0.2, 0.25) is 5.02 Å². The Hall–Kier alpha value is -2.04. The van der Waals surface area contributed by atoms with E-state index in [0.29, 0.717) is 17.3 Å². The molecule has 5 heteroatoms. The lowest BCUT2D eigenvalue weighted by molar-refractivity contribution is 0.210. The predicted molar refractivity (Wildman–Crippen MR) is 76.6 cm³/mol. The second-order valence-electron chi connectivity index (χ2n) is 4.05.